The Balaban J connectivity index is 4.15. The minimum atomic E-state index is -0.454. The highest BCUT2D eigenvalue weighted by Crippen LogP contribution is 2.10. The monoisotopic (exact) mass is 202 g/mol. The zero-order valence-electron chi connectivity index (χ0n) is 10.0. The molecule has 0 saturated heterocycles. The number of hydrogen-bond donors (Lipinski definition) is 1. The van der Waals surface area contributed by atoms with Gasteiger partial charge in [-0.25, -0.2) is 4.79 Å². The predicted molar refractivity (Wildman–Crippen MR) is 57.1 cm³/mol. The molecule has 1 amide bonds. The Morgan fingerprint density at radius 3 is 2.00 bits per heavy atom. The van der Waals surface area contributed by atoms with Gasteiger partial charge in [0, 0.05) is 19.1 Å². The first-order valence-electron chi connectivity index (χ1n) is 4.74. The third-order valence-corrected chi connectivity index (χ3v) is 1.35. The van der Waals surface area contributed by atoms with E-state index >= 15 is 0 Å². The average molecular weight is 202 g/mol. The maximum atomic E-state index is 11.5. The lowest BCUT2D eigenvalue weighted by Crippen LogP contribution is -2.47. The van der Waals surface area contributed by atoms with Gasteiger partial charge in [-0.3, -0.25) is 0 Å². The molecule has 0 atom stereocenters. The molecule has 0 fully saturated rings. The summed E-state index contributed by atoms with van der Waals surface area (Å²) in [6, 6.07) is 0. The number of amides is 1. The quantitative estimate of drug-likeness (QED) is 0.739. The van der Waals surface area contributed by atoms with E-state index in [4.69, 9.17) is 10.5 Å². The van der Waals surface area contributed by atoms with Crippen molar-refractivity contribution in [3.63, 3.8) is 0 Å². The van der Waals surface area contributed by atoms with Crippen LogP contribution in [-0.2, 0) is 4.74 Å². The van der Waals surface area contributed by atoms with Gasteiger partial charge < -0.3 is 15.4 Å². The normalized spacial score (nSPS) is 12.5. The van der Waals surface area contributed by atoms with Crippen LogP contribution in [0, 0.1) is 0 Å². The number of nitrogens with two attached hydrogens (primary N) is 1. The zero-order chi connectivity index (χ0) is 11.6. The number of nitrogens with zero attached hydrogens (tertiary/aromatic N) is 1. The van der Waals surface area contributed by atoms with Crippen LogP contribution in [-0.4, -0.2) is 35.7 Å². The number of hydrogen-bond acceptors (Lipinski definition) is 3. The molecule has 0 unspecified atom stereocenters. The van der Waals surface area contributed by atoms with Gasteiger partial charge in [-0.1, -0.05) is 0 Å². The minimum absolute atomic E-state index is 0.337. The molecule has 2 N–H and O–H groups in total. The Morgan fingerprint density at radius 1 is 1.29 bits per heavy atom. The standard InChI is InChI=1S/C10H22N2O2/c1-9(2,3)14-8(13)12(6)7-10(4,5)11/h7,11H2,1-6H3. The van der Waals surface area contributed by atoms with E-state index in [-0.39, 0.29) is 6.09 Å². The lowest BCUT2D eigenvalue weighted by molar-refractivity contribution is 0.0270. The van der Waals surface area contributed by atoms with Gasteiger partial charge in [-0.2, -0.15) is 0 Å². The molecule has 0 aliphatic rings. The van der Waals surface area contributed by atoms with E-state index in [1.54, 1.807) is 7.05 Å². The number of carbonyl (C=O) groups excluding carboxylic acids is 1. The van der Waals surface area contributed by atoms with Crippen molar-refractivity contribution >= 4 is 6.09 Å². The first-order valence-corrected chi connectivity index (χ1v) is 4.74. The first kappa shape index (κ1) is 13.2. The number of likely N-dealkylation sites (N-methyl/N-ethyl adjacent to an activating group) is 1. The molecule has 0 radical (unpaired) electrons. The van der Waals surface area contributed by atoms with Crippen LogP contribution >= 0.6 is 0 Å². The molecule has 4 heteroatoms. The van der Waals surface area contributed by atoms with Crippen molar-refractivity contribution in [2.45, 2.75) is 45.8 Å². The lowest BCUT2D eigenvalue weighted by Gasteiger charge is -2.29. The van der Waals surface area contributed by atoms with E-state index in [1.807, 2.05) is 34.6 Å². The van der Waals surface area contributed by atoms with Crippen LogP contribution in [0.2, 0.25) is 0 Å². The van der Waals surface area contributed by atoms with Crippen molar-refractivity contribution < 1.29 is 9.53 Å². The third-order valence-electron chi connectivity index (χ3n) is 1.35. The second-order valence-corrected chi connectivity index (χ2v) is 5.32. The van der Waals surface area contributed by atoms with Crippen molar-refractivity contribution in [1.82, 2.24) is 4.90 Å². The summed E-state index contributed by atoms with van der Waals surface area (Å²) in [5.41, 5.74) is 4.94. The van der Waals surface area contributed by atoms with Gasteiger partial charge in [0.15, 0.2) is 0 Å². The summed E-state index contributed by atoms with van der Waals surface area (Å²) in [4.78, 5) is 13.0. The molecular formula is C10H22N2O2. The molecule has 0 bridgehead atoms. The predicted octanol–water partition coefficient (Wildman–Crippen LogP) is 1.59. The summed E-state index contributed by atoms with van der Waals surface area (Å²) in [5.74, 6) is 0. The van der Waals surface area contributed by atoms with E-state index in [1.165, 1.54) is 4.90 Å². The van der Waals surface area contributed by atoms with E-state index in [0.29, 0.717) is 6.54 Å². The van der Waals surface area contributed by atoms with Gasteiger partial charge in [0.25, 0.3) is 0 Å². The fourth-order valence-corrected chi connectivity index (χ4v) is 1.02. The second-order valence-electron chi connectivity index (χ2n) is 5.32. The maximum Gasteiger partial charge on any atom is 0.410 e. The van der Waals surface area contributed by atoms with Crippen molar-refractivity contribution in [2.75, 3.05) is 13.6 Å². The molecule has 0 aliphatic heterocycles. The molecule has 0 rings (SSSR count). The Morgan fingerprint density at radius 2 is 1.71 bits per heavy atom. The number of rotatable bonds is 2. The van der Waals surface area contributed by atoms with Crippen LogP contribution in [0.4, 0.5) is 4.79 Å². The number of carbonyl (C=O) groups is 1. The topological polar surface area (TPSA) is 55.6 Å². The van der Waals surface area contributed by atoms with E-state index in [0.717, 1.165) is 0 Å². The fourth-order valence-electron chi connectivity index (χ4n) is 1.02. The summed E-state index contributed by atoms with van der Waals surface area (Å²) < 4.78 is 5.18. The Kier molecular flexibility index (Phi) is 3.94. The smallest absolute Gasteiger partial charge is 0.410 e. The molecule has 84 valence electrons. The fraction of sp³-hybridized carbons (Fsp3) is 0.900. The molecule has 0 spiro atoms. The van der Waals surface area contributed by atoms with Crippen LogP contribution in [0.1, 0.15) is 34.6 Å². The van der Waals surface area contributed by atoms with Gasteiger partial charge in [0.1, 0.15) is 5.60 Å². The van der Waals surface area contributed by atoms with Crippen LogP contribution in [0.15, 0.2) is 0 Å². The summed E-state index contributed by atoms with van der Waals surface area (Å²) in [6.07, 6.45) is -0.337. The maximum absolute atomic E-state index is 11.5. The van der Waals surface area contributed by atoms with Crippen LogP contribution < -0.4 is 5.73 Å². The van der Waals surface area contributed by atoms with Gasteiger partial charge in [0.05, 0.1) is 0 Å². The molecule has 14 heavy (non-hydrogen) atoms. The van der Waals surface area contributed by atoms with Crippen molar-refractivity contribution in [1.29, 1.82) is 0 Å². The number of ether oxygens (including phenoxy) is 1. The first-order chi connectivity index (χ1) is 6.01. The molecule has 0 aromatic rings. The molecule has 0 aliphatic carbocycles. The molecule has 0 heterocycles. The highest BCUT2D eigenvalue weighted by molar-refractivity contribution is 5.67. The van der Waals surface area contributed by atoms with Gasteiger partial charge in [0.2, 0.25) is 0 Å². The Hall–Kier alpha value is -0.770. The SMILES string of the molecule is CN(CC(C)(C)N)C(=O)OC(C)(C)C. The lowest BCUT2D eigenvalue weighted by atomic mass is 10.1. The van der Waals surface area contributed by atoms with Crippen LogP contribution in [0.5, 0.6) is 0 Å². The highest BCUT2D eigenvalue weighted by Gasteiger charge is 2.23. The van der Waals surface area contributed by atoms with Crippen molar-refractivity contribution in [3.8, 4) is 0 Å². The zero-order valence-corrected chi connectivity index (χ0v) is 10.0. The van der Waals surface area contributed by atoms with E-state index < -0.39 is 11.1 Å². The third kappa shape index (κ3) is 6.71. The van der Waals surface area contributed by atoms with Gasteiger partial charge in [-0.05, 0) is 34.6 Å². The Bertz CT molecular complexity index is 201. The summed E-state index contributed by atoms with van der Waals surface area (Å²) in [6.45, 7) is 9.73. The van der Waals surface area contributed by atoms with Gasteiger partial charge in [-0.15, -0.1) is 0 Å². The summed E-state index contributed by atoms with van der Waals surface area (Å²) in [7, 11) is 1.68. The van der Waals surface area contributed by atoms with Crippen molar-refractivity contribution in [3.05, 3.63) is 0 Å². The van der Waals surface area contributed by atoms with Gasteiger partial charge >= 0.3 is 6.09 Å². The summed E-state index contributed by atoms with van der Waals surface area (Å²) in [5, 5.41) is 0. The molecule has 0 aromatic heterocycles. The Labute approximate surface area is 86.4 Å². The van der Waals surface area contributed by atoms with Crippen LogP contribution in [0.25, 0.3) is 0 Å². The molecule has 4 nitrogen and oxygen atoms in total. The highest BCUT2D eigenvalue weighted by atomic mass is 16.6. The summed E-state index contributed by atoms with van der Waals surface area (Å²) >= 11 is 0. The largest absolute Gasteiger partial charge is 0.444 e. The van der Waals surface area contributed by atoms with Crippen molar-refractivity contribution in [2.24, 2.45) is 5.73 Å². The van der Waals surface area contributed by atoms with E-state index in [2.05, 4.69) is 0 Å². The molecular weight excluding hydrogens is 180 g/mol. The minimum Gasteiger partial charge on any atom is -0.444 e. The molecule has 0 aromatic carbocycles. The second kappa shape index (κ2) is 4.17. The van der Waals surface area contributed by atoms with E-state index in [9.17, 15) is 4.79 Å². The molecule has 0 saturated carbocycles. The van der Waals surface area contributed by atoms with Crippen LogP contribution in [0.3, 0.4) is 0 Å². The average Bonchev–Trinajstić information content (AvgIpc) is 1.78.